The van der Waals surface area contributed by atoms with Gasteiger partial charge in [0, 0.05) is 62.1 Å². The number of amides is 2. The molecule has 0 aliphatic carbocycles. The lowest BCUT2D eigenvalue weighted by molar-refractivity contribution is 0.0461. The number of carbonyl (C=O) groups is 2. The van der Waals surface area contributed by atoms with Crippen molar-refractivity contribution in [2.24, 2.45) is 0 Å². The van der Waals surface area contributed by atoms with Crippen molar-refractivity contribution in [1.29, 1.82) is 0 Å². The molecule has 2 rings (SSSR count). The van der Waals surface area contributed by atoms with E-state index >= 15 is 0 Å². The summed E-state index contributed by atoms with van der Waals surface area (Å²) in [5, 5.41) is 0. The number of likely N-dealkylation sites (N-methyl/N-ethyl adjacent to an activating group) is 4. The Morgan fingerprint density at radius 1 is 0.375 bits per heavy atom. The van der Waals surface area contributed by atoms with Gasteiger partial charge in [-0.2, -0.15) is 0 Å². The molecule has 2 amide bonds. The first kappa shape index (κ1) is 57.9. The quantitative estimate of drug-likeness (QED) is 0.0486. The molecule has 0 heterocycles. The molecule has 0 fully saturated rings. The molecular formula is C50H88N6O6S2. The number of hydrogen-bond acceptors (Lipinski definition) is 12. The second-order valence-corrected chi connectivity index (χ2v) is 18.4. The maximum absolute atomic E-state index is 14.7. The summed E-state index contributed by atoms with van der Waals surface area (Å²) in [6.07, 6.45) is 0. The molecule has 0 spiro atoms. The lowest BCUT2D eigenvalue weighted by atomic mass is 10.1. The van der Waals surface area contributed by atoms with Crippen molar-refractivity contribution in [2.45, 2.75) is 92.9 Å². The van der Waals surface area contributed by atoms with Crippen LogP contribution in [0.3, 0.4) is 0 Å². The Hall–Kier alpha value is -2.24. The summed E-state index contributed by atoms with van der Waals surface area (Å²) >= 11 is 0. The van der Waals surface area contributed by atoms with E-state index in [-0.39, 0.29) is 11.8 Å². The molecule has 2 aromatic carbocycles. The van der Waals surface area contributed by atoms with Gasteiger partial charge in [0.15, 0.2) is 0 Å². The highest BCUT2D eigenvalue weighted by molar-refractivity contribution is 8.76. The third kappa shape index (κ3) is 21.2. The minimum absolute atomic E-state index is 0.0459. The summed E-state index contributed by atoms with van der Waals surface area (Å²) in [6.45, 7) is 43.0. The van der Waals surface area contributed by atoms with Gasteiger partial charge in [0.1, 0.15) is 0 Å². The third-order valence-corrected chi connectivity index (χ3v) is 14.7. The van der Waals surface area contributed by atoms with E-state index in [2.05, 4.69) is 115 Å². The summed E-state index contributed by atoms with van der Waals surface area (Å²) in [5.74, 6) is -0.0918. The summed E-state index contributed by atoms with van der Waals surface area (Å²) in [7, 11) is 3.07. The van der Waals surface area contributed by atoms with Crippen molar-refractivity contribution in [3.63, 3.8) is 0 Å². The Morgan fingerprint density at radius 3 is 0.828 bits per heavy atom. The SMILES string of the molecule is CCN(CC)CCOCCN(CCOCCN(CC)CC)C(=O)c1cc(C)c(C)cc1SSc1cc(C)c(C)cc1C(=O)N(CCOCCN(CC)CC)CCOCCN(CC)CC. The normalized spacial score (nSPS) is 11.8. The van der Waals surface area contributed by atoms with Crippen molar-refractivity contribution in [1.82, 2.24) is 29.4 Å². The fraction of sp³-hybridized carbons (Fsp3) is 0.720. The van der Waals surface area contributed by atoms with Crippen molar-refractivity contribution in [3.8, 4) is 0 Å². The van der Waals surface area contributed by atoms with Gasteiger partial charge in [0.25, 0.3) is 11.8 Å². The molecule has 0 aliphatic rings. The molecule has 0 atom stereocenters. The molecular weight excluding hydrogens is 845 g/mol. The largest absolute Gasteiger partial charge is 0.378 e. The summed E-state index contributed by atoms with van der Waals surface area (Å²) in [4.78, 5) is 44.1. The zero-order chi connectivity index (χ0) is 47.3. The van der Waals surface area contributed by atoms with Crippen LogP contribution >= 0.6 is 21.6 Å². The first-order valence-corrected chi connectivity index (χ1v) is 26.4. The molecule has 2 aromatic rings. The van der Waals surface area contributed by atoms with Crippen LogP contribution in [0.25, 0.3) is 0 Å². The Morgan fingerprint density at radius 2 is 0.594 bits per heavy atom. The van der Waals surface area contributed by atoms with Gasteiger partial charge >= 0.3 is 0 Å². The molecule has 366 valence electrons. The van der Waals surface area contributed by atoms with Crippen LogP contribution in [0, 0.1) is 27.7 Å². The number of carbonyl (C=O) groups excluding carboxylic acids is 2. The molecule has 0 aromatic heterocycles. The Balaban J connectivity index is 2.37. The number of rotatable bonds is 37. The highest BCUT2D eigenvalue weighted by Gasteiger charge is 2.24. The summed E-state index contributed by atoms with van der Waals surface area (Å²) < 4.78 is 24.4. The van der Waals surface area contributed by atoms with Crippen LogP contribution in [0.1, 0.15) is 98.4 Å². The van der Waals surface area contributed by atoms with Gasteiger partial charge in [-0.25, -0.2) is 0 Å². The van der Waals surface area contributed by atoms with Crippen LogP contribution in [0.2, 0.25) is 0 Å². The Labute approximate surface area is 397 Å². The Bertz CT molecular complexity index is 1430. The summed E-state index contributed by atoms with van der Waals surface area (Å²) in [6, 6.07) is 8.26. The fourth-order valence-electron chi connectivity index (χ4n) is 7.15. The van der Waals surface area contributed by atoms with Crippen LogP contribution in [0.5, 0.6) is 0 Å². The van der Waals surface area contributed by atoms with Gasteiger partial charge in [-0.05, 0) is 127 Å². The molecule has 64 heavy (non-hydrogen) atoms. The number of benzene rings is 2. The topological polar surface area (TPSA) is 90.5 Å². The van der Waals surface area contributed by atoms with E-state index in [1.807, 2.05) is 21.9 Å². The predicted octanol–water partition coefficient (Wildman–Crippen LogP) is 8.04. The Kier molecular flexibility index (Phi) is 30.9. The van der Waals surface area contributed by atoms with Crippen LogP contribution < -0.4 is 0 Å². The van der Waals surface area contributed by atoms with Gasteiger partial charge in [-0.1, -0.05) is 77.0 Å². The zero-order valence-corrected chi connectivity index (χ0v) is 43.9. The lowest BCUT2D eigenvalue weighted by Crippen LogP contribution is -2.38. The molecule has 0 aliphatic heterocycles. The van der Waals surface area contributed by atoms with Crippen molar-refractivity contribution >= 4 is 33.4 Å². The predicted molar refractivity (Wildman–Crippen MR) is 270 cm³/mol. The number of hydrogen-bond donors (Lipinski definition) is 0. The van der Waals surface area contributed by atoms with Crippen molar-refractivity contribution in [2.75, 3.05) is 158 Å². The van der Waals surface area contributed by atoms with E-state index in [9.17, 15) is 9.59 Å². The average Bonchev–Trinajstić information content (AvgIpc) is 3.30. The molecule has 0 saturated heterocycles. The van der Waals surface area contributed by atoms with E-state index in [1.165, 1.54) is 21.6 Å². The first-order valence-electron chi connectivity index (χ1n) is 24.3. The van der Waals surface area contributed by atoms with Crippen molar-refractivity contribution in [3.05, 3.63) is 57.6 Å². The second kappa shape index (κ2) is 34.1. The molecule has 0 radical (unpaired) electrons. The molecule has 0 N–H and O–H groups in total. The van der Waals surface area contributed by atoms with Crippen LogP contribution in [0.15, 0.2) is 34.1 Å². The van der Waals surface area contributed by atoms with Crippen LogP contribution in [-0.4, -0.2) is 199 Å². The van der Waals surface area contributed by atoms with E-state index in [0.717, 1.165) is 111 Å². The average molecular weight is 933 g/mol. The minimum Gasteiger partial charge on any atom is -0.378 e. The minimum atomic E-state index is -0.0459. The third-order valence-electron chi connectivity index (χ3n) is 12.3. The molecule has 14 heteroatoms. The van der Waals surface area contributed by atoms with Gasteiger partial charge in [-0.15, -0.1) is 0 Å². The highest BCUT2D eigenvalue weighted by Crippen LogP contribution is 2.42. The monoisotopic (exact) mass is 933 g/mol. The highest BCUT2D eigenvalue weighted by atomic mass is 33.1. The van der Waals surface area contributed by atoms with Crippen LogP contribution in [0.4, 0.5) is 0 Å². The maximum Gasteiger partial charge on any atom is 0.255 e. The number of ether oxygens (including phenoxy) is 4. The van der Waals surface area contributed by atoms with E-state index in [0.29, 0.717) is 90.2 Å². The van der Waals surface area contributed by atoms with Crippen molar-refractivity contribution < 1.29 is 28.5 Å². The number of aryl methyl sites for hydroxylation is 4. The van der Waals surface area contributed by atoms with Gasteiger partial charge in [-0.3, -0.25) is 9.59 Å². The second-order valence-electron chi connectivity index (χ2n) is 16.2. The van der Waals surface area contributed by atoms with Gasteiger partial charge in [0.05, 0.1) is 64.0 Å². The molecule has 12 nitrogen and oxygen atoms in total. The van der Waals surface area contributed by atoms with E-state index in [4.69, 9.17) is 18.9 Å². The molecule has 0 unspecified atom stereocenters. The van der Waals surface area contributed by atoms with Crippen LogP contribution in [-0.2, 0) is 18.9 Å². The fourth-order valence-corrected chi connectivity index (χ4v) is 9.62. The smallest absolute Gasteiger partial charge is 0.255 e. The lowest BCUT2D eigenvalue weighted by Gasteiger charge is -2.26. The maximum atomic E-state index is 14.7. The molecule has 0 saturated carbocycles. The van der Waals surface area contributed by atoms with Gasteiger partial charge < -0.3 is 48.3 Å². The van der Waals surface area contributed by atoms with E-state index in [1.54, 1.807) is 0 Å². The van der Waals surface area contributed by atoms with E-state index < -0.39 is 0 Å². The standard InChI is InChI=1S/C50H88N6O6S2/c1-13-51(14-2)21-29-59-33-25-55(26-34-60-30-22-52(15-3)16-4)49(57)45-37-41(9)43(11)39-47(45)63-64-48-40-44(12)42(10)38-46(48)50(58)56(27-35-61-31-23-53(17-5)18-6)28-36-62-32-24-54(19-7)20-8/h37-40H,13-36H2,1-12H3. The number of nitrogens with zero attached hydrogens (tertiary/aromatic N) is 6. The zero-order valence-electron chi connectivity index (χ0n) is 42.2. The van der Waals surface area contributed by atoms with Gasteiger partial charge in [0.2, 0.25) is 0 Å². The summed E-state index contributed by atoms with van der Waals surface area (Å²) in [5.41, 5.74) is 5.62. The first-order chi connectivity index (χ1) is 30.9. The molecule has 0 bridgehead atoms.